The van der Waals surface area contributed by atoms with Crippen molar-refractivity contribution in [3.63, 3.8) is 0 Å². The molecule has 3 N–H and O–H groups in total. The lowest BCUT2D eigenvalue weighted by molar-refractivity contribution is 0.867. The Morgan fingerprint density at radius 3 is 2.22 bits per heavy atom. The second-order valence-electron chi connectivity index (χ2n) is 4.94. The quantitative estimate of drug-likeness (QED) is 0.778. The number of hydrogen-bond acceptors (Lipinski definition) is 2. The molecule has 0 radical (unpaired) electrons. The van der Waals surface area contributed by atoms with Gasteiger partial charge in [-0.2, -0.15) is 0 Å². The van der Waals surface area contributed by atoms with Gasteiger partial charge in [-0.3, -0.25) is 0 Å². The summed E-state index contributed by atoms with van der Waals surface area (Å²) in [6.07, 6.45) is 0. The Bertz CT molecular complexity index is 507. The van der Waals surface area contributed by atoms with E-state index in [1.165, 1.54) is 5.56 Å². The highest BCUT2D eigenvalue weighted by atomic mass is 14.9. The maximum atomic E-state index is 5.98. The van der Waals surface area contributed by atoms with Gasteiger partial charge in [-0.1, -0.05) is 38.1 Å². The molecule has 2 aromatic carbocycles. The summed E-state index contributed by atoms with van der Waals surface area (Å²) < 4.78 is 0. The minimum Gasteiger partial charge on any atom is -0.397 e. The standard InChI is InChI=1S/C16H20N2/c1-11(2)13-7-9-14(10-8-13)18-16-12(3)5-4-6-15(16)17/h4-11,18H,17H2,1-3H3. The molecule has 0 unspecified atom stereocenters. The smallest absolute Gasteiger partial charge is 0.0647 e. The minimum atomic E-state index is 0.558. The molecule has 0 aliphatic heterocycles. The van der Waals surface area contributed by atoms with E-state index in [-0.39, 0.29) is 0 Å². The van der Waals surface area contributed by atoms with Crippen molar-refractivity contribution in [2.45, 2.75) is 26.7 Å². The summed E-state index contributed by atoms with van der Waals surface area (Å²) in [5, 5.41) is 3.38. The number of aryl methyl sites for hydroxylation is 1. The lowest BCUT2D eigenvalue weighted by atomic mass is 10.0. The van der Waals surface area contributed by atoms with Crippen LogP contribution in [0.2, 0.25) is 0 Å². The number of benzene rings is 2. The van der Waals surface area contributed by atoms with Crippen molar-refractivity contribution in [3.05, 3.63) is 53.6 Å². The average molecular weight is 240 g/mol. The van der Waals surface area contributed by atoms with Crippen LogP contribution in [0.25, 0.3) is 0 Å². The van der Waals surface area contributed by atoms with Crippen LogP contribution in [0.3, 0.4) is 0 Å². The fraction of sp³-hybridized carbons (Fsp3) is 0.250. The van der Waals surface area contributed by atoms with Gasteiger partial charge in [0.2, 0.25) is 0 Å². The molecule has 0 saturated carbocycles. The van der Waals surface area contributed by atoms with Crippen molar-refractivity contribution in [2.24, 2.45) is 0 Å². The van der Waals surface area contributed by atoms with Gasteiger partial charge < -0.3 is 11.1 Å². The van der Waals surface area contributed by atoms with Gasteiger partial charge in [0, 0.05) is 5.69 Å². The number of anilines is 3. The van der Waals surface area contributed by atoms with Crippen LogP contribution >= 0.6 is 0 Å². The molecule has 0 saturated heterocycles. The normalized spacial score (nSPS) is 10.7. The predicted octanol–water partition coefficient (Wildman–Crippen LogP) is 4.44. The highest BCUT2D eigenvalue weighted by Crippen LogP contribution is 2.27. The number of rotatable bonds is 3. The Kier molecular flexibility index (Phi) is 3.56. The van der Waals surface area contributed by atoms with Crippen LogP contribution in [0.1, 0.15) is 30.9 Å². The molecule has 0 heterocycles. The largest absolute Gasteiger partial charge is 0.397 e. The van der Waals surface area contributed by atoms with E-state index >= 15 is 0 Å². The molecule has 0 aliphatic carbocycles. The molecule has 0 bridgehead atoms. The molecule has 2 aromatic rings. The Hall–Kier alpha value is -1.96. The summed E-state index contributed by atoms with van der Waals surface area (Å²) in [7, 11) is 0. The molecule has 2 nitrogen and oxygen atoms in total. The zero-order valence-corrected chi connectivity index (χ0v) is 11.2. The second-order valence-corrected chi connectivity index (χ2v) is 4.94. The van der Waals surface area contributed by atoms with Crippen molar-refractivity contribution in [2.75, 3.05) is 11.1 Å². The lowest BCUT2D eigenvalue weighted by Crippen LogP contribution is -1.98. The van der Waals surface area contributed by atoms with Crippen molar-refractivity contribution in [1.82, 2.24) is 0 Å². The predicted molar refractivity (Wildman–Crippen MR) is 79.4 cm³/mol. The van der Waals surface area contributed by atoms with Crippen LogP contribution in [-0.2, 0) is 0 Å². The first kappa shape index (κ1) is 12.5. The van der Waals surface area contributed by atoms with Gasteiger partial charge in [-0.25, -0.2) is 0 Å². The molecule has 2 heteroatoms. The van der Waals surface area contributed by atoms with Crippen LogP contribution in [0.4, 0.5) is 17.1 Å². The van der Waals surface area contributed by atoms with E-state index in [9.17, 15) is 0 Å². The fourth-order valence-electron chi connectivity index (χ4n) is 1.96. The summed E-state index contributed by atoms with van der Waals surface area (Å²) in [5.41, 5.74) is 11.3. The Balaban J connectivity index is 2.24. The summed E-state index contributed by atoms with van der Waals surface area (Å²) in [4.78, 5) is 0. The van der Waals surface area contributed by atoms with Gasteiger partial charge in [0.15, 0.2) is 0 Å². The van der Waals surface area contributed by atoms with E-state index in [0.717, 1.165) is 22.6 Å². The third-order valence-electron chi connectivity index (χ3n) is 3.15. The molecular weight excluding hydrogens is 220 g/mol. The molecule has 0 spiro atoms. The number of nitrogen functional groups attached to an aromatic ring is 1. The first-order valence-corrected chi connectivity index (χ1v) is 6.30. The second kappa shape index (κ2) is 5.13. The fourth-order valence-corrected chi connectivity index (χ4v) is 1.96. The van der Waals surface area contributed by atoms with Crippen LogP contribution < -0.4 is 11.1 Å². The number of para-hydroxylation sites is 1. The van der Waals surface area contributed by atoms with Gasteiger partial charge >= 0.3 is 0 Å². The third kappa shape index (κ3) is 2.65. The van der Waals surface area contributed by atoms with E-state index in [0.29, 0.717) is 5.92 Å². The van der Waals surface area contributed by atoms with Crippen molar-refractivity contribution < 1.29 is 0 Å². The monoisotopic (exact) mass is 240 g/mol. The minimum absolute atomic E-state index is 0.558. The van der Waals surface area contributed by atoms with Crippen molar-refractivity contribution in [1.29, 1.82) is 0 Å². The molecule has 0 aromatic heterocycles. The summed E-state index contributed by atoms with van der Waals surface area (Å²) in [6, 6.07) is 14.4. The SMILES string of the molecule is Cc1cccc(N)c1Nc1ccc(C(C)C)cc1. The lowest BCUT2D eigenvalue weighted by Gasteiger charge is -2.13. The zero-order chi connectivity index (χ0) is 13.1. The molecule has 2 rings (SSSR count). The van der Waals surface area contributed by atoms with Gasteiger partial charge in [0.25, 0.3) is 0 Å². The first-order valence-electron chi connectivity index (χ1n) is 6.30. The molecule has 94 valence electrons. The Morgan fingerprint density at radius 1 is 1.00 bits per heavy atom. The third-order valence-corrected chi connectivity index (χ3v) is 3.15. The van der Waals surface area contributed by atoms with Crippen molar-refractivity contribution in [3.8, 4) is 0 Å². The molecule has 0 atom stereocenters. The maximum Gasteiger partial charge on any atom is 0.0647 e. The molecule has 18 heavy (non-hydrogen) atoms. The van der Waals surface area contributed by atoms with Crippen LogP contribution in [0.15, 0.2) is 42.5 Å². The molecule has 0 amide bonds. The van der Waals surface area contributed by atoms with Crippen molar-refractivity contribution >= 4 is 17.1 Å². The highest BCUT2D eigenvalue weighted by molar-refractivity contribution is 5.75. The van der Waals surface area contributed by atoms with E-state index in [1.54, 1.807) is 0 Å². The number of hydrogen-bond donors (Lipinski definition) is 2. The summed E-state index contributed by atoms with van der Waals surface area (Å²) in [6.45, 7) is 6.45. The van der Waals surface area contributed by atoms with E-state index in [2.05, 4.69) is 56.4 Å². The topological polar surface area (TPSA) is 38.0 Å². The van der Waals surface area contributed by atoms with E-state index in [4.69, 9.17) is 5.73 Å². The van der Waals surface area contributed by atoms with E-state index < -0.39 is 0 Å². The van der Waals surface area contributed by atoms with Gasteiger partial charge in [-0.05, 0) is 42.2 Å². The van der Waals surface area contributed by atoms with Gasteiger partial charge in [0.1, 0.15) is 0 Å². The highest BCUT2D eigenvalue weighted by Gasteiger charge is 2.03. The number of nitrogens with one attached hydrogen (secondary N) is 1. The molecule has 0 aliphatic rings. The maximum absolute atomic E-state index is 5.98. The average Bonchev–Trinajstić information content (AvgIpc) is 2.34. The van der Waals surface area contributed by atoms with Gasteiger partial charge in [-0.15, -0.1) is 0 Å². The first-order chi connectivity index (χ1) is 8.58. The molecule has 0 fully saturated rings. The van der Waals surface area contributed by atoms with E-state index in [1.807, 2.05) is 12.1 Å². The summed E-state index contributed by atoms with van der Waals surface area (Å²) in [5.74, 6) is 0.558. The van der Waals surface area contributed by atoms with Crippen LogP contribution in [-0.4, -0.2) is 0 Å². The zero-order valence-electron chi connectivity index (χ0n) is 11.2. The molecular formula is C16H20N2. The Morgan fingerprint density at radius 2 is 1.67 bits per heavy atom. The van der Waals surface area contributed by atoms with Crippen LogP contribution in [0.5, 0.6) is 0 Å². The van der Waals surface area contributed by atoms with Gasteiger partial charge in [0.05, 0.1) is 11.4 Å². The van der Waals surface area contributed by atoms with Crippen LogP contribution in [0, 0.1) is 6.92 Å². The number of nitrogens with two attached hydrogens (primary N) is 1. The summed E-state index contributed by atoms with van der Waals surface area (Å²) >= 11 is 0. The Labute approximate surface area is 109 Å².